The predicted molar refractivity (Wildman–Crippen MR) is 93.5 cm³/mol. The fourth-order valence-electron chi connectivity index (χ4n) is 3.89. The smallest absolute Gasteiger partial charge is 0.234 e. The maximum atomic E-state index is 12.4. The van der Waals surface area contributed by atoms with Crippen LogP contribution in [0.5, 0.6) is 0 Å². The number of aryl methyl sites for hydroxylation is 1. The highest BCUT2D eigenvalue weighted by Gasteiger charge is 2.24. The van der Waals surface area contributed by atoms with Gasteiger partial charge in [0.1, 0.15) is 0 Å². The number of nitrogens with zero attached hydrogens (tertiary/aromatic N) is 2. The van der Waals surface area contributed by atoms with Gasteiger partial charge < -0.3 is 10.2 Å². The van der Waals surface area contributed by atoms with E-state index in [1.165, 1.54) is 11.1 Å². The molecule has 1 amide bonds. The van der Waals surface area contributed by atoms with Crippen LogP contribution >= 0.6 is 0 Å². The van der Waals surface area contributed by atoms with Crippen molar-refractivity contribution in [2.75, 3.05) is 33.7 Å². The average Bonchev–Trinajstić information content (AvgIpc) is 2.55. The molecule has 2 aliphatic rings. The standard InChI is InChI=1S/C19H29N3O/c1-21-11-9-18(10-12-21)22(2)14-19(23)20-17-8-7-15-5-3-4-6-16(15)13-17/h3-6,17-18H,7-14H2,1-2H3,(H,20,23)/t17-/m0/s1. The van der Waals surface area contributed by atoms with Gasteiger partial charge in [0.25, 0.3) is 0 Å². The second-order valence-corrected chi connectivity index (χ2v) is 7.23. The van der Waals surface area contributed by atoms with Crippen LogP contribution in [-0.4, -0.2) is 61.5 Å². The molecular formula is C19H29N3O. The molecule has 4 nitrogen and oxygen atoms in total. The quantitative estimate of drug-likeness (QED) is 0.918. The highest BCUT2D eigenvalue weighted by Crippen LogP contribution is 2.21. The van der Waals surface area contributed by atoms with Crippen molar-refractivity contribution in [2.24, 2.45) is 0 Å². The first-order valence-corrected chi connectivity index (χ1v) is 8.87. The van der Waals surface area contributed by atoms with Crippen molar-refractivity contribution in [3.63, 3.8) is 0 Å². The molecule has 3 rings (SSSR count). The summed E-state index contributed by atoms with van der Waals surface area (Å²) in [4.78, 5) is 17.0. The molecule has 1 aromatic carbocycles. The van der Waals surface area contributed by atoms with Gasteiger partial charge in [-0.15, -0.1) is 0 Å². The van der Waals surface area contributed by atoms with Gasteiger partial charge in [-0.25, -0.2) is 0 Å². The third-order valence-electron chi connectivity index (χ3n) is 5.42. The molecule has 1 atom stereocenters. The lowest BCUT2D eigenvalue weighted by Gasteiger charge is -2.35. The number of likely N-dealkylation sites (tertiary alicyclic amines) is 1. The molecule has 1 aliphatic heterocycles. The van der Waals surface area contributed by atoms with Gasteiger partial charge in [-0.1, -0.05) is 24.3 Å². The van der Waals surface area contributed by atoms with Crippen LogP contribution in [0, 0.1) is 0 Å². The van der Waals surface area contributed by atoms with Crippen molar-refractivity contribution in [3.05, 3.63) is 35.4 Å². The van der Waals surface area contributed by atoms with Gasteiger partial charge in [-0.3, -0.25) is 9.69 Å². The third kappa shape index (κ3) is 4.33. The summed E-state index contributed by atoms with van der Waals surface area (Å²) < 4.78 is 0. The number of hydrogen-bond acceptors (Lipinski definition) is 3. The van der Waals surface area contributed by atoms with E-state index in [4.69, 9.17) is 0 Å². The Morgan fingerprint density at radius 3 is 2.65 bits per heavy atom. The maximum Gasteiger partial charge on any atom is 0.234 e. The summed E-state index contributed by atoms with van der Waals surface area (Å²) >= 11 is 0. The highest BCUT2D eigenvalue weighted by molar-refractivity contribution is 5.78. The van der Waals surface area contributed by atoms with Crippen LogP contribution < -0.4 is 5.32 Å². The Hall–Kier alpha value is -1.39. The van der Waals surface area contributed by atoms with Crippen molar-refractivity contribution in [1.82, 2.24) is 15.1 Å². The zero-order valence-electron chi connectivity index (χ0n) is 14.4. The van der Waals surface area contributed by atoms with Gasteiger partial charge in [0.15, 0.2) is 0 Å². The van der Waals surface area contributed by atoms with E-state index in [0.717, 1.165) is 45.2 Å². The first-order valence-electron chi connectivity index (χ1n) is 8.87. The normalized spacial score (nSPS) is 22.8. The van der Waals surface area contributed by atoms with Gasteiger partial charge in [-0.2, -0.15) is 0 Å². The lowest BCUT2D eigenvalue weighted by molar-refractivity contribution is -0.123. The van der Waals surface area contributed by atoms with Crippen molar-refractivity contribution in [2.45, 2.75) is 44.2 Å². The Kier molecular flexibility index (Phi) is 5.34. The van der Waals surface area contributed by atoms with E-state index < -0.39 is 0 Å². The molecular weight excluding hydrogens is 286 g/mol. The molecule has 1 heterocycles. The van der Waals surface area contributed by atoms with E-state index in [0.29, 0.717) is 18.6 Å². The fraction of sp³-hybridized carbons (Fsp3) is 0.632. The zero-order valence-corrected chi connectivity index (χ0v) is 14.4. The highest BCUT2D eigenvalue weighted by atomic mass is 16.2. The molecule has 1 saturated heterocycles. The first-order chi connectivity index (χ1) is 11.1. The number of likely N-dealkylation sites (N-methyl/N-ethyl adjacent to an activating group) is 1. The Labute approximate surface area is 139 Å². The summed E-state index contributed by atoms with van der Waals surface area (Å²) in [7, 11) is 4.26. The second kappa shape index (κ2) is 7.45. The summed E-state index contributed by atoms with van der Waals surface area (Å²) in [5, 5.41) is 3.25. The SMILES string of the molecule is CN1CCC(N(C)CC(=O)N[C@H]2CCc3ccccc3C2)CC1. The van der Waals surface area contributed by atoms with Crippen LogP contribution in [0.3, 0.4) is 0 Å². The lowest BCUT2D eigenvalue weighted by atomic mass is 9.88. The fourth-order valence-corrected chi connectivity index (χ4v) is 3.89. The number of benzene rings is 1. The maximum absolute atomic E-state index is 12.4. The third-order valence-corrected chi connectivity index (χ3v) is 5.42. The van der Waals surface area contributed by atoms with Crippen molar-refractivity contribution >= 4 is 5.91 Å². The molecule has 4 heteroatoms. The van der Waals surface area contributed by atoms with E-state index in [1.54, 1.807) is 0 Å². The summed E-state index contributed by atoms with van der Waals surface area (Å²) in [6.45, 7) is 2.79. The molecule has 1 fully saturated rings. The predicted octanol–water partition coefficient (Wildman–Crippen LogP) is 1.69. The molecule has 0 radical (unpaired) electrons. The van der Waals surface area contributed by atoms with Crippen LogP contribution in [0.15, 0.2) is 24.3 Å². The van der Waals surface area contributed by atoms with Crippen molar-refractivity contribution < 1.29 is 4.79 Å². The minimum atomic E-state index is 0.177. The van der Waals surface area contributed by atoms with Crippen LogP contribution in [0.2, 0.25) is 0 Å². The van der Waals surface area contributed by atoms with Crippen molar-refractivity contribution in [1.29, 1.82) is 0 Å². The summed E-state index contributed by atoms with van der Waals surface area (Å²) in [6.07, 6.45) is 5.43. The number of carbonyl (C=O) groups excluding carboxylic acids is 1. The molecule has 126 valence electrons. The Bertz CT molecular complexity index is 537. The molecule has 1 N–H and O–H groups in total. The van der Waals surface area contributed by atoms with Gasteiger partial charge in [0.2, 0.25) is 5.91 Å². The van der Waals surface area contributed by atoms with E-state index in [-0.39, 0.29) is 5.91 Å². The van der Waals surface area contributed by atoms with Crippen LogP contribution in [0.1, 0.15) is 30.4 Å². The number of amides is 1. The first kappa shape index (κ1) is 16.5. The number of rotatable bonds is 4. The number of piperidine rings is 1. The summed E-state index contributed by atoms with van der Waals surface area (Å²) in [5.41, 5.74) is 2.84. The second-order valence-electron chi connectivity index (χ2n) is 7.23. The van der Waals surface area contributed by atoms with E-state index >= 15 is 0 Å². The number of hydrogen-bond donors (Lipinski definition) is 1. The topological polar surface area (TPSA) is 35.6 Å². The summed E-state index contributed by atoms with van der Waals surface area (Å²) in [6, 6.07) is 9.44. The molecule has 0 unspecified atom stereocenters. The molecule has 23 heavy (non-hydrogen) atoms. The van der Waals surface area contributed by atoms with Gasteiger partial charge in [0, 0.05) is 12.1 Å². The van der Waals surface area contributed by atoms with Gasteiger partial charge >= 0.3 is 0 Å². The molecule has 0 saturated carbocycles. The van der Waals surface area contributed by atoms with Crippen LogP contribution in [0.4, 0.5) is 0 Å². The van der Waals surface area contributed by atoms with Crippen LogP contribution in [0.25, 0.3) is 0 Å². The number of fused-ring (bicyclic) bond motifs is 1. The minimum absolute atomic E-state index is 0.177. The number of nitrogens with one attached hydrogen (secondary N) is 1. The van der Waals surface area contributed by atoms with E-state index in [2.05, 4.69) is 53.5 Å². The largest absolute Gasteiger partial charge is 0.352 e. The van der Waals surface area contributed by atoms with E-state index in [1.807, 2.05) is 0 Å². The lowest BCUT2D eigenvalue weighted by Crippen LogP contribution is -2.48. The monoisotopic (exact) mass is 315 g/mol. The van der Waals surface area contributed by atoms with Crippen LogP contribution in [-0.2, 0) is 17.6 Å². The molecule has 1 aromatic rings. The van der Waals surface area contributed by atoms with E-state index in [9.17, 15) is 4.79 Å². The van der Waals surface area contributed by atoms with Gasteiger partial charge in [0.05, 0.1) is 6.54 Å². The molecule has 0 spiro atoms. The number of carbonyl (C=O) groups is 1. The molecule has 0 aromatic heterocycles. The zero-order chi connectivity index (χ0) is 16.2. The van der Waals surface area contributed by atoms with Gasteiger partial charge in [-0.05, 0) is 70.4 Å². The minimum Gasteiger partial charge on any atom is -0.352 e. The molecule has 0 bridgehead atoms. The Balaban J connectivity index is 1.46. The molecule has 1 aliphatic carbocycles. The average molecular weight is 315 g/mol. The summed E-state index contributed by atoms with van der Waals surface area (Å²) in [5.74, 6) is 0.177. The van der Waals surface area contributed by atoms with Crippen molar-refractivity contribution in [3.8, 4) is 0 Å². The Morgan fingerprint density at radius 1 is 1.22 bits per heavy atom. The Morgan fingerprint density at radius 2 is 1.91 bits per heavy atom.